The van der Waals surface area contributed by atoms with Gasteiger partial charge in [0.15, 0.2) is 12.4 Å². The normalized spacial score (nSPS) is 14.1. The summed E-state index contributed by atoms with van der Waals surface area (Å²) < 4.78 is 12.3. The second-order valence-electron chi connectivity index (χ2n) is 6.59. The molecule has 0 saturated carbocycles. The molecular formula is C20H24BrN3O3. The number of hydrazone groups is 1. The van der Waals surface area contributed by atoms with E-state index in [1.807, 2.05) is 25.1 Å². The molecule has 0 spiro atoms. The Balaban J connectivity index is 1.50. The highest BCUT2D eigenvalue weighted by Gasteiger charge is 2.19. The number of furan rings is 1. The smallest absolute Gasteiger partial charge is 0.277 e. The number of nitrogens with zero attached hydrogens (tertiary/aromatic N) is 2. The maximum Gasteiger partial charge on any atom is 0.277 e. The molecule has 3 rings (SSSR count). The lowest BCUT2D eigenvalue weighted by Crippen LogP contribution is -2.24. The van der Waals surface area contributed by atoms with Crippen molar-refractivity contribution in [2.75, 3.05) is 24.6 Å². The van der Waals surface area contributed by atoms with Gasteiger partial charge in [0.1, 0.15) is 5.75 Å². The van der Waals surface area contributed by atoms with E-state index in [-0.39, 0.29) is 12.5 Å². The van der Waals surface area contributed by atoms with E-state index in [1.54, 1.807) is 0 Å². The van der Waals surface area contributed by atoms with Crippen LogP contribution in [0.2, 0.25) is 0 Å². The van der Waals surface area contributed by atoms with E-state index in [0.717, 1.165) is 35.4 Å². The molecule has 144 valence electrons. The van der Waals surface area contributed by atoms with E-state index in [2.05, 4.69) is 44.3 Å². The fourth-order valence-electron chi connectivity index (χ4n) is 3.04. The summed E-state index contributed by atoms with van der Waals surface area (Å²) in [6.45, 7) is 5.99. The predicted octanol–water partition coefficient (Wildman–Crippen LogP) is 4.04. The van der Waals surface area contributed by atoms with Crippen LogP contribution in [-0.2, 0) is 11.2 Å². The van der Waals surface area contributed by atoms with Crippen LogP contribution in [0.25, 0.3) is 0 Å². The Kier molecular flexibility index (Phi) is 6.55. The molecule has 0 unspecified atom stereocenters. The molecule has 0 radical (unpaired) electrons. The fraction of sp³-hybridized carbons (Fsp3) is 0.400. The fourth-order valence-corrected chi connectivity index (χ4v) is 3.59. The van der Waals surface area contributed by atoms with Gasteiger partial charge in [-0.15, -0.1) is 0 Å². The number of aryl methyl sites for hydroxylation is 2. The quantitative estimate of drug-likeness (QED) is 0.528. The number of nitrogens with one attached hydrogen (secondary N) is 1. The molecule has 0 bridgehead atoms. The van der Waals surface area contributed by atoms with Crippen LogP contribution in [0.5, 0.6) is 5.75 Å². The number of hydrogen-bond donors (Lipinski definition) is 1. The summed E-state index contributed by atoms with van der Waals surface area (Å²) >= 11 is 3.51. The SMILES string of the molecule is CCc1cc(C)cc(OCC(=O)N/N=C/c2cc(Br)c(N3CCCC3)o2)c1. The summed E-state index contributed by atoms with van der Waals surface area (Å²) in [6, 6.07) is 7.81. The zero-order valence-electron chi connectivity index (χ0n) is 15.6. The molecule has 1 aromatic carbocycles. The van der Waals surface area contributed by atoms with E-state index in [1.165, 1.54) is 24.6 Å². The van der Waals surface area contributed by atoms with E-state index in [9.17, 15) is 4.79 Å². The Morgan fingerprint density at radius 2 is 2.11 bits per heavy atom. The zero-order valence-corrected chi connectivity index (χ0v) is 17.2. The average Bonchev–Trinajstić information content (AvgIpc) is 3.29. The number of carbonyl (C=O) groups excluding carboxylic acids is 1. The van der Waals surface area contributed by atoms with Crippen molar-refractivity contribution in [1.29, 1.82) is 0 Å². The number of amides is 1. The molecule has 27 heavy (non-hydrogen) atoms. The van der Waals surface area contributed by atoms with Crippen molar-refractivity contribution in [1.82, 2.24) is 5.43 Å². The number of halogens is 1. The Hall–Kier alpha value is -2.28. The van der Waals surface area contributed by atoms with E-state index in [4.69, 9.17) is 9.15 Å². The highest BCUT2D eigenvalue weighted by Crippen LogP contribution is 2.31. The third-order valence-electron chi connectivity index (χ3n) is 4.35. The summed E-state index contributed by atoms with van der Waals surface area (Å²) in [4.78, 5) is 14.1. The number of rotatable bonds is 7. The zero-order chi connectivity index (χ0) is 19.2. The van der Waals surface area contributed by atoms with Crippen LogP contribution in [0.15, 0.2) is 38.3 Å². The molecular weight excluding hydrogens is 410 g/mol. The van der Waals surface area contributed by atoms with Crippen LogP contribution < -0.4 is 15.1 Å². The first-order valence-corrected chi connectivity index (χ1v) is 9.94. The largest absolute Gasteiger partial charge is 0.484 e. The molecule has 1 aromatic heterocycles. The second kappa shape index (κ2) is 9.08. The number of carbonyl (C=O) groups is 1. The van der Waals surface area contributed by atoms with Crippen molar-refractivity contribution in [2.24, 2.45) is 5.10 Å². The lowest BCUT2D eigenvalue weighted by molar-refractivity contribution is -0.123. The van der Waals surface area contributed by atoms with Crippen molar-refractivity contribution in [3.63, 3.8) is 0 Å². The van der Waals surface area contributed by atoms with Gasteiger partial charge in [-0.2, -0.15) is 5.10 Å². The van der Waals surface area contributed by atoms with E-state index in [0.29, 0.717) is 11.5 Å². The Morgan fingerprint density at radius 1 is 1.33 bits per heavy atom. The van der Waals surface area contributed by atoms with Gasteiger partial charge < -0.3 is 14.1 Å². The van der Waals surface area contributed by atoms with Crippen molar-refractivity contribution < 1.29 is 13.9 Å². The van der Waals surface area contributed by atoms with Crippen molar-refractivity contribution in [2.45, 2.75) is 33.1 Å². The van der Waals surface area contributed by atoms with Gasteiger partial charge in [0.2, 0.25) is 5.88 Å². The molecule has 1 aliphatic heterocycles. The molecule has 1 aliphatic rings. The minimum Gasteiger partial charge on any atom is -0.484 e. The Morgan fingerprint density at radius 3 is 2.85 bits per heavy atom. The molecule has 2 aromatic rings. The van der Waals surface area contributed by atoms with Gasteiger partial charge in [-0.05, 0) is 65.4 Å². The summed E-state index contributed by atoms with van der Waals surface area (Å²) in [7, 11) is 0. The van der Waals surface area contributed by atoms with E-state index >= 15 is 0 Å². The van der Waals surface area contributed by atoms with Gasteiger partial charge in [-0.1, -0.05) is 13.0 Å². The van der Waals surface area contributed by atoms with Crippen LogP contribution in [0.3, 0.4) is 0 Å². The molecule has 6 nitrogen and oxygen atoms in total. The van der Waals surface area contributed by atoms with Crippen molar-refractivity contribution in [3.8, 4) is 5.75 Å². The van der Waals surface area contributed by atoms with Gasteiger partial charge in [-0.3, -0.25) is 4.79 Å². The van der Waals surface area contributed by atoms with Crippen LogP contribution in [-0.4, -0.2) is 31.8 Å². The molecule has 1 fully saturated rings. The molecule has 0 aliphatic carbocycles. The summed E-state index contributed by atoms with van der Waals surface area (Å²) in [5.41, 5.74) is 4.75. The van der Waals surface area contributed by atoms with Crippen molar-refractivity contribution >= 4 is 33.9 Å². The highest BCUT2D eigenvalue weighted by atomic mass is 79.9. The van der Waals surface area contributed by atoms with Gasteiger partial charge in [0.05, 0.1) is 10.7 Å². The molecule has 1 amide bonds. The summed E-state index contributed by atoms with van der Waals surface area (Å²) in [5, 5.41) is 3.95. The van der Waals surface area contributed by atoms with Crippen LogP contribution in [0.4, 0.5) is 5.88 Å². The Labute approximate surface area is 167 Å². The standard InChI is InChI=1S/C20H24BrN3O3/c1-3-15-8-14(2)9-16(10-15)26-13-19(25)23-22-12-17-11-18(21)20(27-17)24-6-4-5-7-24/h8-12H,3-7,13H2,1-2H3,(H,23,25)/b22-12+. The second-order valence-corrected chi connectivity index (χ2v) is 7.44. The first kappa shape index (κ1) is 19.5. The maximum absolute atomic E-state index is 11.9. The summed E-state index contributed by atoms with van der Waals surface area (Å²) in [5.74, 6) is 1.76. The van der Waals surface area contributed by atoms with Crippen molar-refractivity contribution in [3.05, 3.63) is 45.6 Å². The van der Waals surface area contributed by atoms with Crippen LogP contribution in [0.1, 0.15) is 36.7 Å². The Bertz CT molecular complexity index is 826. The topological polar surface area (TPSA) is 67.1 Å². The summed E-state index contributed by atoms with van der Waals surface area (Å²) in [6.07, 6.45) is 4.76. The van der Waals surface area contributed by atoms with E-state index < -0.39 is 0 Å². The monoisotopic (exact) mass is 433 g/mol. The number of hydrogen-bond acceptors (Lipinski definition) is 5. The average molecular weight is 434 g/mol. The minimum absolute atomic E-state index is 0.0924. The molecule has 1 saturated heterocycles. The lowest BCUT2D eigenvalue weighted by atomic mass is 10.1. The number of anilines is 1. The van der Waals surface area contributed by atoms with Gasteiger partial charge in [0, 0.05) is 19.2 Å². The molecule has 7 heteroatoms. The number of ether oxygens (including phenoxy) is 1. The third-order valence-corrected chi connectivity index (χ3v) is 4.92. The van der Waals surface area contributed by atoms with Gasteiger partial charge in [-0.25, -0.2) is 5.43 Å². The third kappa shape index (κ3) is 5.35. The predicted molar refractivity (Wildman–Crippen MR) is 110 cm³/mol. The van der Waals surface area contributed by atoms with Gasteiger partial charge in [0.25, 0.3) is 5.91 Å². The van der Waals surface area contributed by atoms with Gasteiger partial charge >= 0.3 is 0 Å². The molecule has 1 N–H and O–H groups in total. The highest BCUT2D eigenvalue weighted by molar-refractivity contribution is 9.10. The lowest BCUT2D eigenvalue weighted by Gasteiger charge is -2.13. The number of benzene rings is 1. The minimum atomic E-state index is -0.323. The van der Waals surface area contributed by atoms with Crippen LogP contribution in [0, 0.1) is 6.92 Å². The maximum atomic E-state index is 11.9. The first-order chi connectivity index (χ1) is 13.0. The first-order valence-electron chi connectivity index (χ1n) is 9.14. The van der Waals surface area contributed by atoms with Crippen LogP contribution >= 0.6 is 15.9 Å². The molecule has 0 atom stereocenters. The molecule has 2 heterocycles.